The van der Waals surface area contributed by atoms with E-state index >= 15 is 0 Å². The van der Waals surface area contributed by atoms with Gasteiger partial charge in [-0.3, -0.25) is 4.79 Å². The van der Waals surface area contributed by atoms with Crippen molar-refractivity contribution >= 4 is 11.9 Å². The van der Waals surface area contributed by atoms with Crippen molar-refractivity contribution in [3.05, 3.63) is 0 Å². The second kappa shape index (κ2) is 8.23. The Morgan fingerprint density at radius 2 is 1.93 bits per heavy atom. The molecule has 0 fully saturated rings. The minimum Gasteiger partial charge on any atom is -0.466 e. The second-order valence-electron chi connectivity index (χ2n) is 3.05. The Kier molecular flexibility index (Phi) is 7.62. The number of unbranched alkanes of at least 4 members (excludes halogenated alkanes) is 1. The summed E-state index contributed by atoms with van der Waals surface area (Å²) in [4.78, 5) is 22.0. The number of carbonyl (C=O) groups excluding carboxylic acids is 2. The minimum absolute atomic E-state index is 0.233. The summed E-state index contributed by atoms with van der Waals surface area (Å²) in [7, 11) is 0. The van der Waals surface area contributed by atoms with Crippen molar-refractivity contribution in [3.8, 4) is 0 Å². The van der Waals surface area contributed by atoms with E-state index in [2.05, 4.69) is 4.74 Å². The summed E-state index contributed by atoms with van der Waals surface area (Å²) >= 11 is 0. The first kappa shape index (κ1) is 13.9. The van der Waals surface area contributed by atoms with Crippen molar-refractivity contribution < 1.29 is 24.2 Å². The first-order valence-corrected chi connectivity index (χ1v) is 5.12. The van der Waals surface area contributed by atoms with Crippen molar-refractivity contribution in [3.63, 3.8) is 0 Å². The van der Waals surface area contributed by atoms with Gasteiger partial charge in [-0.25, -0.2) is 4.79 Å². The molecule has 5 heteroatoms. The van der Waals surface area contributed by atoms with Gasteiger partial charge < -0.3 is 14.6 Å². The van der Waals surface area contributed by atoms with E-state index in [1.165, 1.54) is 0 Å². The molecule has 88 valence electrons. The van der Waals surface area contributed by atoms with Crippen molar-refractivity contribution in [1.29, 1.82) is 0 Å². The average Bonchev–Trinajstić information content (AvgIpc) is 2.18. The van der Waals surface area contributed by atoms with Crippen molar-refractivity contribution in [2.24, 2.45) is 0 Å². The van der Waals surface area contributed by atoms with Gasteiger partial charge in [-0.05, 0) is 13.3 Å². The van der Waals surface area contributed by atoms with Crippen LogP contribution in [0.4, 0.5) is 0 Å². The van der Waals surface area contributed by atoms with E-state index < -0.39 is 18.0 Å². The van der Waals surface area contributed by atoms with E-state index in [9.17, 15) is 14.7 Å². The fraction of sp³-hybridized carbons (Fsp3) is 0.800. The summed E-state index contributed by atoms with van der Waals surface area (Å²) in [5, 5.41) is 9.24. The molecular formula is C10H18O5. The Bertz CT molecular complexity index is 202. The molecule has 5 nitrogen and oxygen atoms in total. The van der Waals surface area contributed by atoms with Crippen LogP contribution in [-0.4, -0.2) is 36.4 Å². The molecule has 15 heavy (non-hydrogen) atoms. The fourth-order valence-corrected chi connectivity index (χ4v) is 0.874. The number of rotatable bonds is 7. The molecule has 0 heterocycles. The lowest BCUT2D eigenvalue weighted by molar-refractivity contribution is -0.160. The molecule has 1 N–H and O–H groups in total. The van der Waals surface area contributed by atoms with Gasteiger partial charge >= 0.3 is 11.9 Å². The molecule has 0 bridgehead atoms. The SMILES string of the molecule is CCCCOC(=O)C(O)CC(=O)OCC. The maximum Gasteiger partial charge on any atom is 0.335 e. The molecule has 0 amide bonds. The summed E-state index contributed by atoms with van der Waals surface area (Å²) in [5.74, 6) is -1.37. The lowest BCUT2D eigenvalue weighted by Crippen LogP contribution is -2.27. The first-order valence-electron chi connectivity index (χ1n) is 5.12. The molecule has 0 radical (unpaired) electrons. The number of aliphatic hydroxyl groups is 1. The third-order valence-electron chi connectivity index (χ3n) is 1.68. The molecule has 0 aromatic rings. The molecule has 0 aliphatic rings. The van der Waals surface area contributed by atoms with Crippen molar-refractivity contribution in [2.75, 3.05) is 13.2 Å². The second-order valence-corrected chi connectivity index (χ2v) is 3.05. The van der Waals surface area contributed by atoms with E-state index in [1.54, 1.807) is 6.92 Å². The van der Waals surface area contributed by atoms with Crippen LogP contribution in [0.2, 0.25) is 0 Å². The molecule has 0 aromatic heterocycles. The maximum absolute atomic E-state index is 11.1. The van der Waals surface area contributed by atoms with Gasteiger partial charge in [0.25, 0.3) is 0 Å². The Hall–Kier alpha value is -1.10. The minimum atomic E-state index is -1.42. The highest BCUT2D eigenvalue weighted by molar-refractivity contribution is 5.81. The van der Waals surface area contributed by atoms with Crippen molar-refractivity contribution in [1.82, 2.24) is 0 Å². The number of ether oxygens (including phenoxy) is 2. The zero-order valence-electron chi connectivity index (χ0n) is 9.19. The third-order valence-corrected chi connectivity index (χ3v) is 1.68. The van der Waals surface area contributed by atoms with Gasteiger partial charge in [0.2, 0.25) is 0 Å². The Morgan fingerprint density at radius 3 is 2.47 bits per heavy atom. The van der Waals surface area contributed by atoms with Gasteiger partial charge in [0.15, 0.2) is 6.10 Å². The van der Waals surface area contributed by atoms with Crippen LogP contribution in [-0.2, 0) is 19.1 Å². The van der Waals surface area contributed by atoms with Crippen LogP contribution in [0, 0.1) is 0 Å². The molecule has 0 aliphatic carbocycles. The van der Waals surface area contributed by atoms with Crippen LogP contribution in [0.25, 0.3) is 0 Å². The molecule has 0 rings (SSSR count). The normalized spacial score (nSPS) is 11.9. The summed E-state index contributed by atoms with van der Waals surface area (Å²) < 4.78 is 9.31. The highest BCUT2D eigenvalue weighted by Crippen LogP contribution is 1.99. The molecule has 0 aromatic carbocycles. The summed E-state index contributed by atoms with van der Waals surface area (Å²) in [6, 6.07) is 0. The zero-order chi connectivity index (χ0) is 11.7. The predicted octanol–water partition coefficient (Wildman–Crippen LogP) is 0.644. The van der Waals surface area contributed by atoms with Gasteiger partial charge in [-0.2, -0.15) is 0 Å². The van der Waals surface area contributed by atoms with Crippen molar-refractivity contribution in [2.45, 2.75) is 39.2 Å². The number of carbonyl (C=O) groups is 2. The van der Waals surface area contributed by atoms with E-state index in [4.69, 9.17) is 4.74 Å². The summed E-state index contributed by atoms with van der Waals surface area (Å²) in [6.45, 7) is 4.12. The van der Waals surface area contributed by atoms with Gasteiger partial charge in [0.05, 0.1) is 19.6 Å². The molecule has 1 atom stereocenters. The van der Waals surface area contributed by atoms with Gasteiger partial charge in [-0.1, -0.05) is 13.3 Å². The largest absolute Gasteiger partial charge is 0.466 e. The number of esters is 2. The van der Waals surface area contributed by atoms with Crippen LogP contribution in [0.3, 0.4) is 0 Å². The molecule has 0 saturated heterocycles. The maximum atomic E-state index is 11.1. The first-order chi connectivity index (χ1) is 7.11. The highest BCUT2D eigenvalue weighted by Gasteiger charge is 2.20. The van der Waals surface area contributed by atoms with Crippen LogP contribution in [0.15, 0.2) is 0 Å². The van der Waals surface area contributed by atoms with Crippen LogP contribution >= 0.6 is 0 Å². The Balaban J connectivity index is 3.73. The van der Waals surface area contributed by atoms with Gasteiger partial charge in [0, 0.05) is 0 Å². The smallest absolute Gasteiger partial charge is 0.335 e. The van der Waals surface area contributed by atoms with Gasteiger partial charge in [-0.15, -0.1) is 0 Å². The number of aliphatic hydroxyl groups excluding tert-OH is 1. The molecule has 0 aliphatic heterocycles. The van der Waals surface area contributed by atoms with Crippen LogP contribution < -0.4 is 0 Å². The molecule has 0 saturated carbocycles. The van der Waals surface area contributed by atoms with Gasteiger partial charge in [0.1, 0.15) is 0 Å². The molecule has 0 spiro atoms. The Labute approximate surface area is 89.4 Å². The fourth-order valence-electron chi connectivity index (χ4n) is 0.874. The lowest BCUT2D eigenvalue weighted by atomic mass is 10.2. The lowest BCUT2D eigenvalue weighted by Gasteiger charge is -2.09. The highest BCUT2D eigenvalue weighted by atomic mass is 16.6. The predicted molar refractivity (Wildman–Crippen MR) is 53.1 cm³/mol. The number of hydrogen-bond donors (Lipinski definition) is 1. The summed E-state index contributed by atoms with van der Waals surface area (Å²) in [6.07, 6.45) is -0.112. The van der Waals surface area contributed by atoms with Crippen LogP contribution in [0.5, 0.6) is 0 Å². The molecule has 1 unspecified atom stereocenters. The van der Waals surface area contributed by atoms with E-state index in [1.807, 2.05) is 6.92 Å². The topological polar surface area (TPSA) is 72.8 Å². The number of hydrogen-bond acceptors (Lipinski definition) is 5. The monoisotopic (exact) mass is 218 g/mol. The summed E-state index contributed by atoms with van der Waals surface area (Å²) in [5.41, 5.74) is 0. The average molecular weight is 218 g/mol. The van der Waals surface area contributed by atoms with Crippen LogP contribution in [0.1, 0.15) is 33.1 Å². The zero-order valence-corrected chi connectivity index (χ0v) is 9.19. The quantitative estimate of drug-likeness (QED) is 0.501. The molecular weight excluding hydrogens is 200 g/mol. The van der Waals surface area contributed by atoms with E-state index in [0.717, 1.165) is 12.8 Å². The van der Waals surface area contributed by atoms with E-state index in [-0.39, 0.29) is 19.6 Å². The van der Waals surface area contributed by atoms with E-state index in [0.29, 0.717) is 0 Å². The standard InChI is InChI=1S/C10H18O5/c1-3-5-6-15-10(13)8(11)7-9(12)14-4-2/h8,11H,3-7H2,1-2H3. The third kappa shape index (κ3) is 6.90. The Morgan fingerprint density at radius 1 is 1.27 bits per heavy atom.